The highest BCUT2D eigenvalue weighted by Gasteiger charge is 2.15. The van der Waals surface area contributed by atoms with Crippen LogP contribution >= 0.6 is 0 Å². The Morgan fingerprint density at radius 3 is 2.19 bits per heavy atom. The van der Waals surface area contributed by atoms with Gasteiger partial charge in [-0.1, -0.05) is 6.07 Å². The van der Waals surface area contributed by atoms with E-state index in [1.165, 1.54) is 19.2 Å². The van der Waals surface area contributed by atoms with Crippen LogP contribution < -0.4 is 14.2 Å². The van der Waals surface area contributed by atoms with E-state index < -0.39 is 10.0 Å². The lowest BCUT2D eigenvalue weighted by Crippen LogP contribution is -2.12. The Hall–Kier alpha value is -3.13. The van der Waals surface area contributed by atoms with Gasteiger partial charge in [-0.05, 0) is 56.3 Å². The van der Waals surface area contributed by atoms with Gasteiger partial charge < -0.3 is 9.47 Å². The van der Waals surface area contributed by atoms with Crippen LogP contribution in [0.3, 0.4) is 0 Å². The normalized spacial score (nSPS) is 11.1. The Morgan fingerprint density at radius 2 is 1.56 bits per heavy atom. The van der Waals surface area contributed by atoms with Gasteiger partial charge in [0.2, 0.25) is 0 Å². The van der Waals surface area contributed by atoms with Gasteiger partial charge in [0.25, 0.3) is 10.0 Å². The van der Waals surface area contributed by atoms with E-state index in [-0.39, 0.29) is 10.9 Å². The Kier molecular flexibility index (Phi) is 5.27. The average molecular weight is 385 g/mol. The highest BCUT2D eigenvalue weighted by atomic mass is 32.2. The summed E-state index contributed by atoms with van der Waals surface area (Å²) in [5.41, 5.74) is 1.94. The molecule has 0 atom stereocenters. The Balaban J connectivity index is 1.80. The number of nitrogens with zero attached hydrogens (tertiary/aromatic N) is 2. The van der Waals surface area contributed by atoms with Gasteiger partial charge in [0, 0.05) is 17.5 Å². The fourth-order valence-electron chi connectivity index (χ4n) is 2.44. The van der Waals surface area contributed by atoms with Crippen molar-refractivity contribution in [2.45, 2.75) is 18.7 Å². The molecule has 0 aliphatic heterocycles. The Labute approximate surface area is 158 Å². The third-order valence-electron chi connectivity index (χ3n) is 3.63. The molecule has 27 heavy (non-hydrogen) atoms. The molecule has 7 nitrogen and oxygen atoms in total. The molecule has 0 saturated carbocycles. The van der Waals surface area contributed by atoms with Crippen molar-refractivity contribution in [1.29, 1.82) is 0 Å². The third-order valence-corrected chi connectivity index (χ3v) is 5.02. The van der Waals surface area contributed by atoms with E-state index >= 15 is 0 Å². The molecule has 0 radical (unpaired) electrons. The smallest absolute Gasteiger partial charge is 0.322 e. The van der Waals surface area contributed by atoms with Gasteiger partial charge in [0.1, 0.15) is 11.5 Å². The molecule has 0 bridgehead atoms. The van der Waals surface area contributed by atoms with E-state index in [1.807, 2.05) is 19.9 Å². The first kappa shape index (κ1) is 18.7. The third kappa shape index (κ3) is 4.73. The molecule has 0 spiro atoms. The molecular weight excluding hydrogens is 366 g/mol. The number of hydrogen-bond donors (Lipinski definition) is 1. The molecule has 1 N–H and O–H groups in total. The summed E-state index contributed by atoms with van der Waals surface area (Å²) in [4.78, 5) is 8.56. The fraction of sp³-hybridized carbons (Fsp3) is 0.158. The largest absolute Gasteiger partial charge is 0.497 e. The van der Waals surface area contributed by atoms with Gasteiger partial charge in [-0.25, -0.2) is 18.4 Å². The minimum Gasteiger partial charge on any atom is -0.497 e. The summed E-state index contributed by atoms with van der Waals surface area (Å²) in [5, 5.41) is 0. The number of anilines is 1. The molecule has 1 heterocycles. The molecule has 0 aliphatic carbocycles. The molecular formula is C19H19N3O4S. The summed E-state index contributed by atoms with van der Waals surface area (Å²) in [6, 6.07) is 14.8. The summed E-state index contributed by atoms with van der Waals surface area (Å²) in [5.74, 6) is 1.01. The zero-order valence-corrected chi connectivity index (χ0v) is 15.9. The first-order chi connectivity index (χ1) is 12.9. The molecule has 140 valence electrons. The highest BCUT2D eigenvalue weighted by Crippen LogP contribution is 2.24. The molecule has 2 aromatic carbocycles. The molecule has 8 heteroatoms. The predicted molar refractivity (Wildman–Crippen MR) is 102 cm³/mol. The number of ether oxygens (including phenoxy) is 2. The van der Waals surface area contributed by atoms with Crippen molar-refractivity contribution in [3.8, 4) is 17.5 Å². The van der Waals surface area contributed by atoms with E-state index in [0.29, 0.717) is 17.2 Å². The quantitative estimate of drug-likeness (QED) is 0.696. The van der Waals surface area contributed by atoms with Crippen LogP contribution in [0.1, 0.15) is 11.4 Å². The number of rotatable bonds is 6. The summed E-state index contributed by atoms with van der Waals surface area (Å²) in [6.07, 6.45) is 0. The minimum absolute atomic E-state index is 0.132. The van der Waals surface area contributed by atoms with Crippen molar-refractivity contribution in [2.75, 3.05) is 11.8 Å². The molecule has 3 rings (SSSR count). The molecule has 0 amide bonds. The van der Waals surface area contributed by atoms with E-state index in [4.69, 9.17) is 9.47 Å². The lowest BCUT2D eigenvalue weighted by molar-refractivity contribution is 0.414. The molecule has 0 unspecified atom stereocenters. The van der Waals surface area contributed by atoms with E-state index in [9.17, 15) is 8.42 Å². The number of hydrogen-bond acceptors (Lipinski definition) is 6. The summed E-state index contributed by atoms with van der Waals surface area (Å²) in [7, 11) is -2.21. The van der Waals surface area contributed by atoms with Crippen molar-refractivity contribution in [1.82, 2.24) is 9.97 Å². The lowest BCUT2D eigenvalue weighted by Gasteiger charge is -2.10. The maximum Gasteiger partial charge on any atom is 0.322 e. The molecule has 3 aromatic rings. The monoisotopic (exact) mass is 385 g/mol. The number of methoxy groups -OCH3 is 1. The Morgan fingerprint density at radius 1 is 0.889 bits per heavy atom. The van der Waals surface area contributed by atoms with Crippen LogP contribution in [-0.4, -0.2) is 25.5 Å². The summed E-state index contributed by atoms with van der Waals surface area (Å²) in [6.45, 7) is 3.70. The molecule has 0 fully saturated rings. The van der Waals surface area contributed by atoms with Crippen LogP contribution in [0.15, 0.2) is 59.5 Å². The van der Waals surface area contributed by atoms with Crippen LogP contribution in [0.4, 0.5) is 5.69 Å². The van der Waals surface area contributed by atoms with Crippen LogP contribution in [0.25, 0.3) is 0 Å². The molecule has 0 aliphatic rings. The van der Waals surface area contributed by atoms with Crippen molar-refractivity contribution < 1.29 is 17.9 Å². The van der Waals surface area contributed by atoms with Crippen molar-refractivity contribution in [2.24, 2.45) is 0 Å². The van der Waals surface area contributed by atoms with Gasteiger partial charge in [-0.2, -0.15) is 0 Å². The van der Waals surface area contributed by atoms with E-state index in [1.54, 1.807) is 36.4 Å². The number of aromatic nitrogens is 2. The average Bonchev–Trinajstić information content (AvgIpc) is 2.61. The topological polar surface area (TPSA) is 90.4 Å². The zero-order valence-electron chi connectivity index (χ0n) is 15.1. The van der Waals surface area contributed by atoms with Crippen LogP contribution in [0.5, 0.6) is 17.5 Å². The number of aryl methyl sites for hydroxylation is 2. The fourth-order valence-corrected chi connectivity index (χ4v) is 3.49. The minimum atomic E-state index is -3.73. The summed E-state index contributed by atoms with van der Waals surface area (Å²) >= 11 is 0. The van der Waals surface area contributed by atoms with Gasteiger partial charge in [-0.15, -0.1) is 0 Å². The van der Waals surface area contributed by atoms with E-state index in [2.05, 4.69) is 14.7 Å². The van der Waals surface area contributed by atoms with Crippen LogP contribution in [0, 0.1) is 13.8 Å². The maximum atomic E-state index is 12.5. The second kappa shape index (κ2) is 7.63. The summed E-state index contributed by atoms with van der Waals surface area (Å²) < 4.78 is 38.3. The van der Waals surface area contributed by atoms with Crippen LogP contribution in [-0.2, 0) is 10.0 Å². The van der Waals surface area contributed by atoms with Crippen molar-refractivity contribution in [3.63, 3.8) is 0 Å². The second-order valence-electron chi connectivity index (χ2n) is 5.84. The lowest BCUT2D eigenvalue weighted by atomic mass is 10.3. The maximum absolute atomic E-state index is 12.5. The SMILES string of the molecule is COc1ccc(S(=O)(=O)Nc2cccc(Oc3nc(C)cc(C)n3)c2)cc1. The van der Waals surface area contributed by atoms with Crippen molar-refractivity contribution in [3.05, 3.63) is 66.0 Å². The highest BCUT2D eigenvalue weighted by molar-refractivity contribution is 7.92. The van der Waals surface area contributed by atoms with E-state index in [0.717, 1.165) is 11.4 Å². The predicted octanol–water partition coefficient (Wildman–Crippen LogP) is 3.70. The molecule has 0 saturated heterocycles. The zero-order chi connectivity index (χ0) is 19.4. The number of sulfonamides is 1. The van der Waals surface area contributed by atoms with Gasteiger partial charge >= 0.3 is 6.01 Å². The first-order valence-electron chi connectivity index (χ1n) is 8.13. The molecule has 1 aromatic heterocycles. The second-order valence-corrected chi connectivity index (χ2v) is 7.53. The Bertz CT molecular complexity index is 1030. The van der Waals surface area contributed by atoms with Gasteiger partial charge in [0.15, 0.2) is 0 Å². The van der Waals surface area contributed by atoms with Gasteiger partial charge in [0.05, 0.1) is 17.7 Å². The first-order valence-corrected chi connectivity index (χ1v) is 9.61. The van der Waals surface area contributed by atoms with Crippen molar-refractivity contribution >= 4 is 15.7 Å². The number of benzene rings is 2. The number of nitrogens with one attached hydrogen (secondary N) is 1. The van der Waals surface area contributed by atoms with Crippen LogP contribution in [0.2, 0.25) is 0 Å². The standard InChI is InChI=1S/C19H19N3O4S/c1-13-11-14(2)21-19(20-13)26-17-6-4-5-15(12-17)22-27(23,24)18-9-7-16(25-3)8-10-18/h4-12,22H,1-3H3. The van der Waals surface area contributed by atoms with Gasteiger partial charge in [-0.3, -0.25) is 4.72 Å².